The molecule has 5 nitrogen and oxygen atoms in total. The molecule has 0 aliphatic rings. The highest BCUT2D eigenvalue weighted by molar-refractivity contribution is 8.00. The second-order valence-electron chi connectivity index (χ2n) is 6.81. The standard InChI is InChI=1S/C24H21ClN4OS2/c1-2-29-23(17-12-14-18(25)15-13-17)27-28-24(29)31-16-22(30)26-20-10-6-7-11-21(20)32-19-8-4-3-5-9-19/h3-15H,2,16H2,1H3,(H,26,30). The maximum atomic E-state index is 12.7. The van der Waals surface area contributed by atoms with Crippen LogP contribution in [0.4, 0.5) is 5.69 Å². The molecule has 4 aromatic rings. The van der Waals surface area contributed by atoms with E-state index in [0.717, 1.165) is 26.9 Å². The number of nitrogens with one attached hydrogen (secondary N) is 1. The predicted octanol–water partition coefficient (Wildman–Crippen LogP) is 6.50. The van der Waals surface area contributed by atoms with Crippen LogP contribution >= 0.6 is 35.1 Å². The van der Waals surface area contributed by atoms with Crippen molar-refractivity contribution >= 4 is 46.7 Å². The summed E-state index contributed by atoms with van der Waals surface area (Å²) in [7, 11) is 0. The highest BCUT2D eigenvalue weighted by atomic mass is 35.5. The largest absolute Gasteiger partial charge is 0.324 e. The van der Waals surface area contributed by atoms with Gasteiger partial charge in [0.1, 0.15) is 0 Å². The van der Waals surface area contributed by atoms with E-state index in [2.05, 4.69) is 27.6 Å². The van der Waals surface area contributed by atoms with Gasteiger partial charge in [-0.2, -0.15) is 0 Å². The zero-order valence-electron chi connectivity index (χ0n) is 17.4. The van der Waals surface area contributed by atoms with E-state index < -0.39 is 0 Å². The molecule has 0 atom stereocenters. The van der Waals surface area contributed by atoms with E-state index in [4.69, 9.17) is 11.6 Å². The third-order valence-corrected chi connectivity index (χ3v) is 6.90. The Bertz CT molecular complexity index is 1200. The third kappa shape index (κ3) is 5.54. The number of halogens is 1. The Balaban J connectivity index is 1.42. The molecular weight excluding hydrogens is 460 g/mol. The molecule has 8 heteroatoms. The van der Waals surface area contributed by atoms with Crippen molar-refractivity contribution in [1.82, 2.24) is 14.8 Å². The summed E-state index contributed by atoms with van der Waals surface area (Å²) >= 11 is 8.99. The molecule has 4 rings (SSSR count). The van der Waals surface area contributed by atoms with Gasteiger partial charge in [0.05, 0.1) is 11.4 Å². The maximum absolute atomic E-state index is 12.7. The third-order valence-electron chi connectivity index (χ3n) is 4.60. The van der Waals surface area contributed by atoms with Crippen molar-refractivity contribution in [2.75, 3.05) is 11.1 Å². The average Bonchev–Trinajstić information content (AvgIpc) is 3.23. The van der Waals surface area contributed by atoms with Crippen LogP contribution in [-0.2, 0) is 11.3 Å². The van der Waals surface area contributed by atoms with Crippen LogP contribution in [0.15, 0.2) is 93.8 Å². The minimum atomic E-state index is -0.0881. The van der Waals surface area contributed by atoms with Crippen LogP contribution in [0.3, 0.4) is 0 Å². The van der Waals surface area contributed by atoms with Crippen LogP contribution in [0.25, 0.3) is 11.4 Å². The lowest BCUT2D eigenvalue weighted by molar-refractivity contribution is -0.113. The lowest BCUT2D eigenvalue weighted by Gasteiger charge is -2.11. The molecule has 1 heterocycles. The van der Waals surface area contributed by atoms with Gasteiger partial charge in [-0.25, -0.2) is 0 Å². The molecule has 32 heavy (non-hydrogen) atoms. The molecule has 0 radical (unpaired) electrons. The van der Waals surface area contributed by atoms with Crippen LogP contribution in [0.2, 0.25) is 5.02 Å². The Labute approximate surface area is 200 Å². The number of carbonyl (C=O) groups excluding carboxylic acids is 1. The summed E-state index contributed by atoms with van der Waals surface area (Å²) in [5.41, 5.74) is 1.73. The van der Waals surface area contributed by atoms with E-state index in [0.29, 0.717) is 16.7 Å². The van der Waals surface area contributed by atoms with Gasteiger partial charge in [0.2, 0.25) is 5.91 Å². The molecule has 1 aromatic heterocycles. The predicted molar refractivity (Wildman–Crippen MR) is 133 cm³/mol. The highest BCUT2D eigenvalue weighted by Gasteiger charge is 2.15. The first-order chi connectivity index (χ1) is 15.6. The monoisotopic (exact) mass is 480 g/mol. The number of nitrogens with zero attached hydrogens (tertiary/aromatic N) is 3. The van der Waals surface area contributed by atoms with Crippen molar-refractivity contribution in [1.29, 1.82) is 0 Å². The minimum absolute atomic E-state index is 0.0881. The van der Waals surface area contributed by atoms with Gasteiger partial charge < -0.3 is 9.88 Å². The van der Waals surface area contributed by atoms with Crippen molar-refractivity contribution < 1.29 is 4.79 Å². The molecule has 0 saturated carbocycles. The summed E-state index contributed by atoms with van der Waals surface area (Å²) in [5, 5.41) is 13.0. The van der Waals surface area contributed by atoms with Gasteiger partial charge in [-0.15, -0.1) is 10.2 Å². The first kappa shape index (κ1) is 22.5. The molecule has 0 bridgehead atoms. The molecule has 0 saturated heterocycles. The first-order valence-electron chi connectivity index (χ1n) is 10.1. The molecule has 0 aliphatic carbocycles. The highest BCUT2D eigenvalue weighted by Crippen LogP contribution is 2.33. The van der Waals surface area contributed by atoms with Gasteiger partial charge in [0.25, 0.3) is 0 Å². The lowest BCUT2D eigenvalue weighted by Crippen LogP contribution is -2.15. The number of anilines is 1. The summed E-state index contributed by atoms with van der Waals surface area (Å²) in [6, 6.07) is 25.4. The maximum Gasteiger partial charge on any atom is 0.234 e. The topological polar surface area (TPSA) is 59.8 Å². The van der Waals surface area contributed by atoms with Gasteiger partial charge in [-0.3, -0.25) is 4.79 Å². The Morgan fingerprint density at radius 2 is 1.69 bits per heavy atom. The average molecular weight is 481 g/mol. The minimum Gasteiger partial charge on any atom is -0.324 e. The summed E-state index contributed by atoms with van der Waals surface area (Å²) in [4.78, 5) is 14.8. The van der Waals surface area contributed by atoms with E-state index in [9.17, 15) is 4.79 Å². The number of hydrogen-bond acceptors (Lipinski definition) is 5. The number of benzene rings is 3. The zero-order chi connectivity index (χ0) is 22.3. The van der Waals surface area contributed by atoms with Crippen molar-refractivity contribution in [2.24, 2.45) is 0 Å². The normalized spacial score (nSPS) is 10.8. The van der Waals surface area contributed by atoms with Crippen molar-refractivity contribution in [3.8, 4) is 11.4 Å². The number of rotatable bonds is 8. The van der Waals surface area contributed by atoms with Crippen molar-refractivity contribution in [3.63, 3.8) is 0 Å². The van der Waals surface area contributed by atoms with Crippen LogP contribution in [0.5, 0.6) is 0 Å². The van der Waals surface area contributed by atoms with E-state index in [1.807, 2.05) is 78.2 Å². The molecule has 0 aliphatic heterocycles. The van der Waals surface area contributed by atoms with Gasteiger partial charge >= 0.3 is 0 Å². The SMILES string of the molecule is CCn1c(SCC(=O)Nc2ccccc2Sc2ccccc2)nnc1-c1ccc(Cl)cc1. The molecule has 0 fully saturated rings. The number of hydrogen-bond donors (Lipinski definition) is 1. The van der Waals surface area contributed by atoms with E-state index in [-0.39, 0.29) is 11.7 Å². The summed E-state index contributed by atoms with van der Waals surface area (Å²) in [6.45, 7) is 2.73. The van der Waals surface area contributed by atoms with Crippen molar-refractivity contribution in [3.05, 3.63) is 83.9 Å². The number of carbonyl (C=O) groups is 1. The fourth-order valence-electron chi connectivity index (χ4n) is 3.08. The summed E-state index contributed by atoms with van der Waals surface area (Å²) in [5.74, 6) is 0.912. The number of para-hydroxylation sites is 1. The molecule has 162 valence electrons. The molecular formula is C24H21ClN4OS2. The van der Waals surface area contributed by atoms with E-state index >= 15 is 0 Å². The molecule has 0 spiro atoms. The number of amides is 1. The Hall–Kier alpha value is -2.74. The van der Waals surface area contributed by atoms with Gasteiger partial charge in [-0.05, 0) is 55.5 Å². The second kappa shape index (κ2) is 10.7. The van der Waals surface area contributed by atoms with Crippen molar-refractivity contribution in [2.45, 2.75) is 28.4 Å². The number of thioether (sulfide) groups is 1. The molecule has 0 unspecified atom stereocenters. The second-order valence-corrected chi connectivity index (χ2v) is 9.30. The summed E-state index contributed by atoms with van der Waals surface area (Å²) < 4.78 is 2.00. The smallest absolute Gasteiger partial charge is 0.234 e. The fraction of sp³-hybridized carbons (Fsp3) is 0.125. The molecule has 1 amide bonds. The van der Waals surface area contributed by atoms with Gasteiger partial charge in [0, 0.05) is 26.9 Å². The first-order valence-corrected chi connectivity index (χ1v) is 12.3. The van der Waals surface area contributed by atoms with Crippen LogP contribution in [0.1, 0.15) is 6.92 Å². The van der Waals surface area contributed by atoms with Crippen LogP contribution in [-0.4, -0.2) is 26.4 Å². The van der Waals surface area contributed by atoms with E-state index in [1.165, 1.54) is 11.8 Å². The Morgan fingerprint density at radius 1 is 0.969 bits per heavy atom. The van der Waals surface area contributed by atoms with E-state index in [1.54, 1.807) is 11.8 Å². The summed E-state index contributed by atoms with van der Waals surface area (Å²) in [6.07, 6.45) is 0. The van der Waals surface area contributed by atoms with Gasteiger partial charge in [0.15, 0.2) is 11.0 Å². The molecule has 3 aromatic carbocycles. The van der Waals surface area contributed by atoms with Gasteiger partial charge in [-0.1, -0.05) is 65.5 Å². The molecule has 1 N–H and O–H groups in total. The Morgan fingerprint density at radius 3 is 2.44 bits per heavy atom. The quantitative estimate of drug-likeness (QED) is 0.292. The van der Waals surface area contributed by atoms with Crippen LogP contribution < -0.4 is 5.32 Å². The number of aromatic nitrogens is 3. The van der Waals surface area contributed by atoms with Crippen LogP contribution in [0, 0.1) is 0 Å². The lowest BCUT2D eigenvalue weighted by atomic mass is 10.2. The fourth-order valence-corrected chi connectivity index (χ4v) is 4.93. The Kier molecular flexibility index (Phi) is 7.52. The zero-order valence-corrected chi connectivity index (χ0v) is 19.8.